The molecule has 0 aliphatic rings. The molecule has 0 aliphatic carbocycles. The second-order valence-electron chi connectivity index (χ2n) is 12.4. The molecule has 3 aromatic rings. The van der Waals surface area contributed by atoms with Crippen LogP contribution in [0.15, 0.2) is 84.9 Å². The maximum atomic E-state index is 13.5. The molecule has 5 N–H and O–H groups in total. The van der Waals surface area contributed by atoms with Gasteiger partial charge in [-0.15, -0.1) is 0 Å². The molecular weight excluding hydrogens is 612 g/mol. The lowest BCUT2D eigenvalue weighted by molar-refractivity contribution is -0.147. The van der Waals surface area contributed by atoms with Crippen molar-refractivity contribution in [1.29, 1.82) is 0 Å². The maximum absolute atomic E-state index is 13.5. The van der Waals surface area contributed by atoms with Crippen LogP contribution in [0.1, 0.15) is 52.2 Å². The van der Waals surface area contributed by atoms with Crippen LogP contribution >= 0.6 is 0 Å². The number of ketones is 1. The van der Waals surface area contributed by atoms with Crippen LogP contribution in [0.4, 0.5) is 0 Å². The fraction of sp³-hybridized carbons (Fsp3) is 0.351. The Bertz CT molecular complexity index is 1590. The van der Waals surface area contributed by atoms with Gasteiger partial charge in [0.05, 0.1) is 12.5 Å². The Balaban J connectivity index is 1.68. The van der Waals surface area contributed by atoms with Crippen LogP contribution < -0.4 is 21.3 Å². The largest absolute Gasteiger partial charge is 0.480 e. The molecule has 4 unspecified atom stereocenters. The van der Waals surface area contributed by atoms with Gasteiger partial charge < -0.3 is 26.4 Å². The Hall–Kier alpha value is -5.32. The minimum atomic E-state index is -1.61. The molecule has 0 bridgehead atoms. The van der Waals surface area contributed by atoms with Crippen molar-refractivity contribution in [2.75, 3.05) is 0 Å². The lowest BCUT2D eigenvalue weighted by Crippen LogP contribution is -2.60. The number of benzene rings is 3. The molecule has 0 spiro atoms. The summed E-state index contributed by atoms with van der Waals surface area (Å²) in [7, 11) is 0. The van der Waals surface area contributed by atoms with E-state index in [4.69, 9.17) is 0 Å². The first-order valence-corrected chi connectivity index (χ1v) is 15.9. The van der Waals surface area contributed by atoms with E-state index in [1.165, 1.54) is 20.8 Å². The summed E-state index contributed by atoms with van der Waals surface area (Å²) in [6.45, 7) is 7.41. The average Bonchev–Trinajstić information content (AvgIpc) is 3.06. The Labute approximate surface area is 280 Å². The Morgan fingerprint density at radius 3 is 1.83 bits per heavy atom. The van der Waals surface area contributed by atoms with Gasteiger partial charge in [-0.05, 0) is 48.9 Å². The first-order valence-electron chi connectivity index (χ1n) is 15.9. The van der Waals surface area contributed by atoms with E-state index in [0.717, 1.165) is 22.3 Å². The van der Waals surface area contributed by atoms with Gasteiger partial charge in [-0.1, -0.05) is 105 Å². The van der Waals surface area contributed by atoms with E-state index in [-0.39, 0.29) is 12.8 Å². The number of carboxylic acids is 1. The second kappa shape index (κ2) is 17.0. The molecule has 4 atom stereocenters. The number of carbonyl (C=O) groups is 6. The van der Waals surface area contributed by atoms with Crippen LogP contribution in [0, 0.1) is 5.92 Å². The third-order valence-electron chi connectivity index (χ3n) is 8.09. The summed E-state index contributed by atoms with van der Waals surface area (Å²) in [5.74, 6) is -5.65. The van der Waals surface area contributed by atoms with Crippen LogP contribution in [-0.2, 0) is 41.6 Å². The van der Waals surface area contributed by atoms with E-state index in [2.05, 4.69) is 21.3 Å². The number of Topliss-reactive ketones (excluding diaryl/α,β-unsaturated/α-hetero) is 1. The predicted molar refractivity (Wildman–Crippen MR) is 182 cm³/mol. The summed E-state index contributed by atoms with van der Waals surface area (Å²) >= 11 is 0. The first-order chi connectivity index (χ1) is 22.7. The Morgan fingerprint density at radius 2 is 1.27 bits per heavy atom. The molecule has 48 heavy (non-hydrogen) atoms. The molecule has 3 aromatic carbocycles. The smallest absolute Gasteiger partial charge is 0.328 e. The molecule has 4 amide bonds. The summed E-state index contributed by atoms with van der Waals surface area (Å²) in [4.78, 5) is 77.1. The molecule has 0 aromatic heterocycles. The molecule has 254 valence electrons. The molecule has 0 saturated heterocycles. The van der Waals surface area contributed by atoms with Crippen molar-refractivity contribution in [3.63, 3.8) is 0 Å². The molecule has 11 heteroatoms. The Morgan fingerprint density at radius 1 is 0.708 bits per heavy atom. The number of hydrogen-bond donors (Lipinski definition) is 5. The molecule has 3 rings (SSSR count). The molecule has 0 heterocycles. The summed E-state index contributed by atoms with van der Waals surface area (Å²) in [6.07, 6.45) is 0.598. The number of rotatable bonds is 16. The summed E-state index contributed by atoms with van der Waals surface area (Å²) in [6, 6.07) is 22.9. The van der Waals surface area contributed by atoms with E-state index in [0.29, 0.717) is 6.42 Å². The zero-order valence-corrected chi connectivity index (χ0v) is 27.9. The van der Waals surface area contributed by atoms with E-state index >= 15 is 0 Å². The lowest BCUT2D eigenvalue weighted by Gasteiger charge is -2.28. The van der Waals surface area contributed by atoms with E-state index in [9.17, 15) is 33.9 Å². The zero-order chi connectivity index (χ0) is 35.4. The number of carbonyl (C=O) groups excluding carboxylic acids is 5. The highest BCUT2D eigenvalue weighted by molar-refractivity contribution is 6.38. The van der Waals surface area contributed by atoms with Gasteiger partial charge in [0.15, 0.2) is 0 Å². The fourth-order valence-corrected chi connectivity index (χ4v) is 4.87. The van der Waals surface area contributed by atoms with E-state index in [1.54, 1.807) is 26.0 Å². The van der Waals surface area contributed by atoms with Crippen molar-refractivity contribution in [2.45, 2.75) is 77.5 Å². The predicted octanol–water partition coefficient (Wildman–Crippen LogP) is 3.21. The molecule has 11 nitrogen and oxygen atoms in total. The third kappa shape index (κ3) is 10.6. The number of hydrogen-bond acceptors (Lipinski definition) is 6. The van der Waals surface area contributed by atoms with Crippen LogP contribution in [0.5, 0.6) is 0 Å². The van der Waals surface area contributed by atoms with Crippen LogP contribution in [0.25, 0.3) is 11.1 Å². The fourth-order valence-electron chi connectivity index (χ4n) is 4.87. The molecule has 0 saturated carbocycles. The average molecular weight is 657 g/mol. The summed E-state index contributed by atoms with van der Waals surface area (Å²) in [5, 5.41) is 19.5. The molecular formula is C37H44N4O7. The number of aliphatic carboxylic acids is 1. The van der Waals surface area contributed by atoms with Crippen molar-refractivity contribution >= 4 is 35.4 Å². The van der Waals surface area contributed by atoms with Crippen LogP contribution in [-0.4, -0.2) is 64.2 Å². The van der Waals surface area contributed by atoms with Crippen molar-refractivity contribution in [2.24, 2.45) is 5.92 Å². The van der Waals surface area contributed by atoms with Crippen LogP contribution in [0.2, 0.25) is 0 Å². The van der Waals surface area contributed by atoms with Gasteiger partial charge in [0, 0.05) is 6.42 Å². The van der Waals surface area contributed by atoms with E-state index in [1.807, 2.05) is 72.8 Å². The monoisotopic (exact) mass is 656 g/mol. The van der Waals surface area contributed by atoms with Crippen molar-refractivity contribution in [3.05, 3.63) is 96.1 Å². The highest BCUT2D eigenvalue weighted by Crippen LogP contribution is 2.19. The standard InChI is InChI=1S/C37H44N4O7/c1-6-23(2)31(34(45)41-37(4,5)36(47)48)40-35(46)32(43)24(3)38-33(44)29(21-25-13-9-7-10-14-25)39-30(42)22-26-17-19-28(20-18-26)27-15-11-8-12-16-27/h7-20,23-24,29,31H,6,21-22H2,1-5H3,(H,38,44)(H,39,42)(H,40,46)(H,41,45)(H,47,48). The molecule has 0 aliphatic heterocycles. The minimum absolute atomic E-state index is 0.0161. The highest BCUT2D eigenvalue weighted by Gasteiger charge is 2.36. The van der Waals surface area contributed by atoms with Gasteiger partial charge in [0.1, 0.15) is 17.6 Å². The molecule has 0 fully saturated rings. The molecule has 0 radical (unpaired) electrons. The number of carboxylic acid groups (broad SMARTS) is 1. The highest BCUT2D eigenvalue weighted by atomic mass is 16.4. The topological polar surface area (TPSA) is 171 Å². The van der Waals surface area contributed by atoms with Crippen LogP contribution in [0.3, 0.4) is 0 Å². The second-order valence-corrected chi connectivity index (χ2v) is 12.4. The summed E-state index contributed by atoms with van der Waals surface area (Å²) < 4.78 is 0. The van der Waals surface area contributed by atoms with Gasteiger partial charge in [0.2, 0.25) is 23.5 Å². The van der Waals surface area contributed by atoms with Crippen molar-refractivity contribution in [3.8, 4) is 11.1 Å². The quantitative estimate of drug-likeness (QED) is 0.147. The summed E-state index contributed by atoms with van der Waals surface area (Å²) in [5.41, 5.74) is 1.96. The van der Waals surface area contributed by atoms with Gasteiger partial charge in [-0.25, -0.2) is 4.79 Å². The van der Waals surface area contributed by atoms with Gasteiger partial charge in [0.25, 0.3) is 5.91 Å². The Kier molecular flexibility index (Phi) is 13.2. The van der Waals surface area contributed by atoms with Gasteiger partial charge >= 0.3 is 5.97 Å². The number of nitrogens with one attached hydrogen (secondary N) is 4. The minimum Gasteiger partial charge on any atom is -0.480 e. The van der Waals surface area contributed by atoms with E-state index < -0.39 is 65.0 Å². The van der Waals surface area contributed by atoms with Gasteiger partial charge in [-0.2, -0.15) is 0 Å². The first kappa shape index (κ1) is 37.1. The SMILES string of the molecule is CCC(C)C(NC(=O)C(=O)C(C)NC(=O)C(Cc1ccccc1)NC(=O)Cc1ccc(-c2ccccc2)cc1)C(=O)NC(C)(C)C(=O)O. The number of amides is 4. The lowest BCUT2D eigenvalue weighted by atomic mass is 9.96. The zero-order valence-electron chi connectivity index (χ0n) is 27.9. The normalized spacial score (nSPS) is 13.6. The maximum Gasteiger partial charge on any atom is 0.328 e. The van der Waals surface area contributed by atoms with Gasteiger partial charge in [-0.3, -0.25) is 24.0 Å². The third-order valence-corrected chi connectivity index (χ3v) is 8.09. The van der Waals surface area contributed by atoms with Crippen molar-refractivity contribution in [1.82, 2.24) is 21.3 Å². The van der Waals surface area contributed by atoms with Crippen molar-refractivity contribution < 1.29 is 33.9 Å².